The quantitative estimate of drug-likeness (QED) is 0.182. The Morgan fingerprint density at radius 3 is 2.37 bits per heavy atom. The molecule has 13 heteroatoms. The van der Waals surface area contributed by atoms with Crippen molar-refractivity contribution in [3.05, 3.63) is 94.0 Å². The minimum Gasteiger partial charge on any atom is -0.445 e. The molecule has 4 N–H and O–H groups in total. The topological polar surface area (TPSA) is 183 Å². The van der Waals surface area contributed by atoms with E-state index >= 15 is 0 Å². The molecule has 0 aliphatic heterocycles. The second-order valence-electron chi connectivity index (χ2n) is 9.83. The predicted molar refractivity (Wildman–Crippen MR) is 157 cm³/mol. The van der Waals surface area contributed by atoms with Crippen LogP contribution in [0.25, 0.3) is 11.4 Å². The fourth-order valence-corrected chi connectivity index (χ4v) is 4.47. The Kier molecular flexibility index (Phi) is 10.5. The number of nitrogens with zero attached hydrogens (tertiary/aromatic N) is 4. The molecule has 0 aliphatic rings. The van der Waals surface area contributed by atoms with Gasteiger partial charge in [0.1, 0.15) is 0 Å². The summed E-state index contributed by atoms with van der Waals surface area (Å²) in [5, 5.41) is 30.1. The van der Waals surface area contributed by atoms with E-state index in [-0.39, 0.29) is 12.2 Å². The molecule has 4 rings (SSSR count). The largest absolute Gasteiger partial charge is 0.445 e. The minimum atomic E-state index is -1.71. The van der Waals surface area contributed by atoms with Gasteiger partial charge in [-0.3, -0.25) is 19.2 Å². The van der Waals surface area contributed by atoms with Crippen molar-refractivity contribution in [1.29, 1.82) is 0 Å². The van der Waals surface area contributed by atoms with Crippen molar-refractivity contribution < 1.29 is 23.9 Å². The average molecular weight is 588 g/mol. The van der Waals surface area contributed by atoms with Crippen molar-refractivity contribution in [2.45, 2.75) is 45.3 Å². The molecule has 0 saturated heterocycles. The molecule has 2 aromatic carbocycles. The lowest BCUT2D eigenvalue weighted by Gasteiger charge is -2.24. The number of rotatable bonds is 13. The second-order valence-corrected chi connectivity index (χ2v) is 9.83. The lowest BCUT2D eigenvalue weighted by molar-refractivity contribution is -0.125. The number of aliphatic hydroxyl groups excluding tert-OH is 1. The van der Waals surface area contributed by atoms with Crippen LogP contribution in [0.1, 0.15) is 53.4 Å². The summed E-state index contributed by atoms with van der Waals surface area (Å²) < 4.78 is 5.59. The number of anilines is 1. The van der Waals surface area contributed by atoms with Crippen LogP contribution in [0, 0.1) is 0 Å². The molecule has 0 radical (unpaired) electrons. The molecule has 3 amide bonds. The van der Waals surface area contributed by atoms with Crippen LogP contribution in [0.5, 0.6) is 0 Å². The maximum atomic E-state index is 13.3. The number of tetrazole rings is 1. The lowest BCUT2D eigenvalue weighted by atomic mass is 10.00. The highest BCUT2D eigenvalue weighted by molar-refractivity contribution is 5.97. The highest BCUT2D eigenvalue weighted by Gasteiger charge is 2.30. The number of carbonyl (C=O) groups excluding carboxylic acids is 3. The number of hydrogen-bond acceptors (Lipinski definition) is 9. The molecule has 2 aromatic heterocycles. The van der Waals surface area contributed by atoms with Gasteiger partial charge in [0.15, 0.2) is 23.1 Å². The first-order valence-corrected chi connectivity index (χ1v) is 13.9. The van der Waals surface area contributed by atoms with Gasteiger partial charge in [-0.15, -0.1) is 10.2 Å². The van der Waals surface area contributed by atoms with E-state index in [0.717, 1.165) is 17.7 Å². The molecule has 13 nitrogen and oxygen atoms in total. The van der Waals surface area contributed by atoms with E-state index in [9.17, 15) is 24.3 Å². The van der Waals surface area contributed by atoms with E-state index in [0.29, 0.717) is 43.0 Å². The van der Waals surface area contributed by atoms with E-state index in [1.807, 2.05) is 19.9 Å². The summed E-state index contributed by atoms with van der Waals surface area (Å²) in [5.41, 5.74) is 1.08. The van der Waals surface area contributed by atoms with Crippen molar-refractivity contribution in [1.82, 2.24) is 30.8 Å². The number of hydrogen-bond donors (Lipinski definition) is 4. The third-order valence-corrected chi connectivity index (χ3v) is 6.47. The third kappa shape index (κ3) is 8.20. The van der Waals surface area contributed by atoms with Crippen molar-refractivity contribution in [3.63, 3.8) is 0 Å². The average Bonchev–Trinajstić information content (AvgIpc) is 3.55. The first kappa shape index (κ1) is 30.8. The van der Waals surface area contributed by atoms with Crippen molar-refractivity contribution in [2.75, 3.05) is 18.4 Å². The van der Waals surface area contributed by atoms with E-state index in [1.165, 1.54) is 0 Å². The van der Waals surface area contributed by atoms with Gasteiger partial charge in [0.05, 0.1) is 6.04 Å². The minimum absolute atomic E-state index is 0.0771. The summed E-state index contributed by atoms with van der Waals surface area (Å²) in [7, 11) is 0. The number of amides is 3. The van der Waals surface area contributed by atoms with Gasteiger partial charge in [0, 0.05) is 36.5 Å². The smallest absolute Gasteiger partial charge is 0.289 e. The van der Waals surface area contributed by atoms with Gasteiger partial charge in [-0.2, -0.15) is 5.21 Å². The summed E-state index contributed by atoms with van der Waals surface area (Å²) in [5.74, 6) is -2.51. The zero-order valence-corrected chi connectivity index (χ0v) is 23.8. The van der Waals surface area contributed by atoms with E-state index in [4.69, 9.17) is 4.42 Å². The first-order valence-electron chi connectivity index (χ1n) is 13.9. The number of aromatic amines is 1. The van der Waals surface area contributed by atoms with Crippen molar-refractivity contribution >= 4 is 23.4 Å². The fraction of sp³-hybridized carbons (Fsp3) is 0.300. The third-order valence-electron chi connectivity index (χ3n) is 6.47. The highest BCUT2D eigenvalue weighted by Crippen LogP contribution is 2.19. The Labute approximate surface area is 247 Å². The highest BCUT2D eigenvalue weighted by atomic mass is 16.4. The second kappa shape index (κ2) is 14.6. The Morgan fingerprint density at radius 2 is 1.70 bits per heavy atom. The summed E-state index contributed by atoms with van der Waals surface area (Å²) in [6, 6.07) is 16.5. The molecule has 0 aliphatic carbocycles. The number of aromatic nitrogens is 4. The molecule has 4 aromatic rings. The van der Waals surface area contributed by atoms with Crippen LogP contribution in [0.2, 0.25) is 0 Å². The van der Waals surface area contributed by atoms with Crippen LogP contribution in [-0.4, -0.2) is 73.6 Å². The number of nitrogens with one attached hydrogen (secondary N) is 3. The molecule has 0 fully saturated rings. The Hall–Kier alpha value is -5.17. The molecule has 43 heavy (non-hydrogen) atoms. The van der Waals surface area contributed by atoms with Crippen LogP contribution < -0.4 is 16.1 Å². The maximum Gasteiger partial charge on any atom is 0.289 e. The van der Waals surface area contributed by atoms with E-state index < -0.39 is 41.1 Å². The molecule has 0 unspecified atom stereocenters. The van der Waals surface area contributed by atoms with Gasteiger partial charge >= 0.3 is 0 Å². The van der Waals surface area contributed by atoms with Gasteiger partial charge in [-0.05, 0) is 42.2 Å². The van der Waals surface area contributed by atoms with Crippen LogP contribution in [-0.2, 0) is 11.2 Å². The zero-order valence-electron chi connectivity index (χ0n) is 23.8. The normalized spacial score (nSPS) is 12.3. The van der Waals surface area contributed by atoms with Gasteiger partial charge in [-0.1, -0.05) is 56.3 Å². The molecule has 2 atom stereocenters. The first-order chi connectivity index (χ1) is 20.8. The molecule has 0 saturated carbocycles. The van der Waals surface area contributed by atoms with Gasteiger partial charge in [0.2, 0.25) is 5.82 Å². The number of benzene rings is 2. The monoisotopic (exact) mass is 587 g/mol. The Morgan fingerprint density at radius 1 is 0.977 bits per heavy atom. The number of carbonyl (C=O) groups is 3. The fourth-order valence-electron chi connectivity index (χ4n) is 4.47. The standard InChI is InChI=1S/C30H33N7O6/c1-3-13-37(14-4-2)30(42)25-18-22(38)17-24(43-25)28(40)32-23(15-19-9-6-5-7-10-19)26(39)29(41)31-21-12-8-11-20(16-21)27-33-35-36-34-27/h5-12,16-18,23,26,39H,3-4,13-15H2,1-2H3,(H,31,41)(H,32,40)(H,33,34,35,36)/t23-,26-/m0/s1. The lowest BCUT2D eigenvalue weighted by Crippen LogP contribution is -2.50. The number of aliphatic hydroxyl groups is 1. The van der Waals surface area contributed by atoms with Crippen molar-refractivity contribution in [2.24, 2.45) is 0 Å². The van der Waals surface area contributed by atoms with Crippen LogP contribution >= 0.6 is 0 Å². The summed E-state index contributed by atoms with van der Waals surface area (Å²) in [4.78, 5) is 53.5. The van der Waals surface area contributed by atoms with E-state index in [1.54, 1.807) is 53.4 Å². The SMILES string of the molecule is CCCN(CCC)C(=O)c1cc(=O)cc(C(=O)N[C@@H](Cc2ccccc2)[C@H](O)C(=O)Nc2cccc(-c3nn[nH]n3)c2)o1. The predicted octanol–water partition coefficient (Wildman–Crippen LogP) is 2.42. The van der Waals surface area contributed by atoms with Gasteiger partial charge < -0.3 is 25.1 Å². The molecular weight excluding hydrogens is 554 g/mol. The molecule has 2 heterocycles. The Bertz CT molecular complexity index is 1580. The number of H-pyrrole nitrogens is 1. The molecule has 0 bridgehead atoms. The van der Waals surface area contributed by atoms with Crippen LogP contribution in [0.3, 0.4) is 0 Å². The molecule has 224 valence electrons. The van der Waals surface area contributed by atoms with Gasteiger partial charge in [0.25, 0.3) is 17.7 Å². The Balaban J connectivity index is 1.56. The van der Waals surface area contributed by atoms with Crippen LogP contribution in [0.4, 0.5) is 5.69 Å². The zero-order chi connectivity index (χ0) is 30.8. The summed E-state index contributed by atoms with van der Waals surface area (Å²) in [6.45, 7) is 4.78. The van der Waals surface area contributed by atoms with Crippen molar-refractivity contribution in [3.8, 4) is 11.4 Å². The van der Waals surface area contributed by atoms with Crippen LogP contribution in [0.15, 0.2) is 75.9 Å². The maximum absolute atomic E-state index is 13.3. The van der Waals surface area contributed by atoms with E-state index in [2.05, 4.69) is 31.3 Å². The summed E-state index contributed by atoms with van der Waals surface area (Å²) >= 11 is 0. The summed E-state index contributed by atoms with van der Waals surface area (Å²) in [6.07, 6.45) is -0.218. The van der Waals surface area contributed by atoms with Gasteiger partial charge in [-0.25, -0.2) is 0 Å². The molecular formula is C30H33N7O6. The molecule has 0 spiro atoms.